The maximum absolute atomic E-state index is 13.0. The Morgan fingerprint density at radius 1 is 1.05 bits per heavy atom. The SMILES string of the molecule is Cc1ccc(NC(=O)c2ccnc(C(F)(F)F)c2)cc1-c1cc(Cl)nc(OCCO[Si](C)(C)C(C)(C)C)c1. The number of hydrogen-bond acceptors (Lipinski definition) is 5. The maximum atomic E-state index is 13.0. The van der Waals surface area contributed by atoms with Crippen molar-refractivity contribution >= 4 is 31.5 Å². The minimum absolute atomic E-state index is 0.0878. The van der Waals surface area contributed by atoms with Crippen LogP contribution in [-0.4, -0.2) is 37.4 Å². The first-order chi connectivity index (χ1) is 17.6. The number of benzene rings is 1. The number of aromatic nitrogens is 2. The molecule has 0 aliphatic rings. The molecular formula is C27H31ClF3N3O3Si. The Morgan fingerprint density at radius 2 is 1.76 bits per heavy atom. The lowest BCUT2D eigenvalue weighted by Crippen LogP contribution is -2.41. The standard InChI is InChI=1S/C27H31ClF3N3O3Si/c1-17-7-8-20(33-25(35)18-9-10-32-22(13-18)27(29,30)31)16-21(17)19-14-23(28)34-24(15-19)36-11-12-37-38(5,6)26(2,3)4/h7-10,13-16H,11-12H2,1-6H3,(H,33,35). The Kier molecular flexibility index (Phi) is 8.90. The minimum atomic E-state index is -4.65. The van der Waals surface area contributed by atoms with Gasteiger partial charge in [-0.15, -0.1) is 0 Å². The zero-order valence-corrected chi connectivity index (χ0v) is 23.9. The number of nitrogens with one attached hydrogen (secondary N) is 1. The van der Waals surface area contributed by atoms with E-state index in [2.05, 4.69) is 49.1 Å². The Bertz CT molecular complexity index is 1310. The van der Waals surface area contributed by atoms with E-state index >= 15 is 0 Å². The molecule has 3 rings (SSSR count). The largest absolute Gasteiger partial charge is 0.475 e. The fourth-order valence-electron chi connectivity index (χ4n) is 3.30. The van der Waals surface area contributed by atoms with Gasteiger partial charge in [0.2, 0.25) is 5.88 Å². The third-order valence-electron chi connectivity index (χ3n) is 6.49. The van der Waals surface area contributed by atoms with Crippen molar-refractivity contribution in [1.29, 1.82) is 0 Å². The van der Waals surface area contributed by atoms with Gasteiger partial charge in [0.05, 0.1) is 6.61 Å². The average molecular weight is 566 g/mol. The zero-order chi connectivity index (χ0) is 28.3. The van der Waals surface area contributed by atoms with E-state index in [9.17, 15) is 18.0 Å². The van der Waals surface area contributed by atoms with Crippen LogP contribution in [0.3, 0.4) is 0 Å². The number of aryl methyl sites for hydroxylation is 1. The lowest BCUT2D eigenvalue weighted by molar-refractivity contribution is -0.141. The summed E-state index contributed by atoms with van der Waals surface area (Å²) in [5.41, 5.74) is 1.46. The average Bonchev–Trinajstić information content (AvgIpc) is 2.81. The van der Waals surface area contributed by atoms with Gasteiger partial charge in [0.15, 0.2) is 8.32 Å². The van der Waals surface area contributed by atoms with Gasteiger partial charge in [-0.2, -0.15) is 13.2 Å². The van der Waals surface area contributed by atoms with Gasteiger partial charge in [0, 0.05) is 23.5 Å². The van der Waals surface area contributed by atoms with Crippen molar-refractivity contribution in [3.8, 4) is 17.0 Å². The Labute approximate surface area is 226 Å². The van der Waals surface area contributed by atoms with Gasteiger partial charge in [-0.25, -0.2) is 4.98 Å². The highest BCUT2D eigenvalue weighted by atomic mass is 35.5. The molecule has 1 N–H and O–H groups in total. The summed E-state index contributed by atoms with van der Waals surface area (Å²) in [5.74, 6) is -0.358. The van der Waals surface area contributed by atoms with Crippen molar-refractivity contribution in [2.24, 2.45) is 0 Å². The van der Waals surface area contributed by atoms with E-state index in [0.717, 1.165) is 17.3 Å². The van der Waals surface area contributed by atoms with Crippen LogP contribution in [0.2, 0.25) is 23.3 Å². The minimum Gasteiger partial charge on any atom is -0.475 e. The first kappa shape index (κ1) is 29.6. The van der Waals surface area contributed by atoms with Crippen LogP contribution in [0.4, 0.5) is 18.9 Å². The van der Waals surface area contributed by atoms with Gasteiger partial charge < -0.3 is 14.5 Å². The second-order valence-corrected chi connectivity index (χ2v) is 15.6. The van der Waals surface area contributed by atoms with Crippen molar-refractivity contribution in [3.63, 3.8) is 0 Å². The number of carbonyl (C=O) groups is 1. The monoisotopic (exact) mass is 565 g/mol. The summed E-state index contributed by atoms with van der Waals surface area (Å²) in [6.45, 7) is 13.5. The number of nitrogens with zero attached hydrogens (tertiary/aromatic N) is 2. The molecule has 0 aliphatic heterocycles. The van der Waals surface area contributed by atoms with Crippen molar-refractivity contribution in [2.45, 2.75) is 52.0 Å². The highest BCUT2D eigenvalue weighted by Gasteiger charge is 2.37. The quantitative estimate of drug-likeness (QED) is 0.171. The van der Waals surface area contributed by atoms with Crippen molar-refractivity contribution in [3.05, 3.63) is 70.6 Å². The van der Waals surface area contributed by atoms with Crippen LogP contribution in [-0.2, 0) is 10.6 Å². The highest BCUT2D eigenvalue weighted by Crippen LogP contribution is 2.36. The van der Waals surface area contributed by atoms with Crippen LogP contribution in [0.25, 0.3) is 11.1 Å². The number of rotatable bonds is 8. The van der Waals surface area contributed by atoms with Gasteiger partial charge in [-0.05, 0) is 72.1 Å². The van der Waals surface area contributed by atoms with Crippen molar-refractivity contribution < 1.29 is 27.1 Å². The molecular weight excluding hydrogens is 535 g/mol. The molecule has 0 saturated carbocycles. The summed E-state index contributed by atoms with van der Waals surface area (Å²) in [6, 6.07) is 10.5. The molecule has 0 aliphatic carbocycles. The summed E-state index contributed by atoms with van der Waals surface area (Å²) in [6.07, 6.45) is -3.69. The van der Waals surface area contributed by atoms with Crippen LogP contribution in [0.1, 0.15) is 42.4 Å². The van der Waals surface area contributed by atoms with Gasteiger partial charge in [-0.3, -0.25) is 9.78 Å². The molecule has 0 radical (unpaired) electrons. The predicted molar refractivity (Wildman–Crippen MR) is 145 cm³/mol. The molecule has 6 nitrogen and oxygen atoms in total. The van der Waals surface area contributed by atoms with E-state index in [1.54, 1.807) is 30.3 Å². The normalized spacial score (nSPS) is 12.4. The number of anilines is 1. The summed E-state index contributed by atoms with van der Waals surface area (Å²) in [4.78, 5) is 20.2. The third kappa shape index (κ3) is 7.55. The van der Waals surface area contributed by atoms with E-state index in [4.69, 9.17) is 20.8 Å². The van der Waals surface area contributed by atoms with Gasteiger partial charge in [0.1, 0.15) is 17.5 Å². The Morgan fingerprint density at radius 3 is 2.42 bits per heavy atom. The summed E-state index contributed by atoms with van der Waals surface area (Å²) in [5, 5.41) is 2.96. The molecule has 0 saturated heterocycles. The van der Waals surface area contributed by atoms with Gasteiger partial charge >= 0.3 is 6.18 Å². The molecule has 0 atom stereocenters. The number of halogens is 4. The van der Waals surface area contributed by atoms with E-state index < -0.39 is 26.1 Å². The van der Waals surface area contributed by atoms with Gasteiger partial charge in [-0.1, -0.05) is 38.4 Å². The molecule has 3 aromatic rings. The highest BCUT2D eigenvalue weighted by molar-refractivity contribution is 6.74. The zero-order valence-electron chi connectivity index (χ0n) is 22.2. The van der Waals surface area contributed by atoms with Crippen LogP contribution < -0.4 is 10.1 Å². The van der Waals surface area contributed by atoms with Crippen molar-refractivity contribution in [2.75, 3.05) is 18.5 Å². The van der Waals surface area contributed by atoms with E-state index in [0.29, 0.717) is 36.4 Å². The molecule has 1 amide bonds. The fraction of sp³-hybridized carbons (Fsp3) is 0.370. The molecule has 11 heteroatoms. The van der Waals surface area contributed by atoms with Crippen LogP contribution in [0.15, 0.2) is 48.7 Å². The van der Waals surface area contributed by atoms with Crippen LogP contribution in [0.5, 0.6) is 5.88 Å². The second-order valence-electron chi connectivity index (χ2n) is 10.4. The molecule has 0 spiro atoms. The first-order valence-electron chi connectivity index (χ1n) is 12.0. The molecule has 2 aromatic heterocycles. The first-order valence-corrected chi connectivity index (χ1v) is 15.3. The molecule has 2 heterocycles. The number of pyridine rings is 2. The number of ether oxygens (including phenoxy) is 1. The lowest BCUT2D eigenvalue weighted by atomic mass is 10.0. The Balaban J connectivity index is 1.76. The smallest absolute Gasteiger partial charge is 0.433 e. The summed E-state index contributed by atoms with van der Waals surface area (Å²) in [7, 11) is -1.90. The number of hydrogen-bond donors (Lipinski definition) is 1. The molecule has 204 valence electrons. The lowest BCUT2D eigenvalue weighted by Gasteiger charge is -2.36. The predicted octanol–water partition coefficient (Wildman–Crippen LogP) is 7.78. The molecule has 0 fully saturated rings. The maximum Gasteiger partial charge on any atom is 0.433 e. The topological polar surface area (TPSA) is 73.3 Å². The van der Waals surface area contributed by atoms with Gasteiger partial charge in [0.25, 0.3) is 5.91 Å². The van der Waals surface area contributed by atoms with E-state index in [-0.39, 0.29) is 15.8 Å². The number of alkyl halides is 3. The third-order valence-corrected chi connectivity index (χ3v) is 11.2. The molecule has 1 aromatic carbocycles. The van der Waals surface area contributed by atoms with E-state index in [1.807, 2.05) is 6.92 Å². The molecule has 0 unspecified atom stereocenters. The fourth-order valence-corrected chi connectivity index (χ4v) is 4.53. The summed E-state index contributed by atoms with van der Waals surface area (Å²) >= 11 is 6.27. The molecule has 38 heavy (non-hydrogen) atoms. The van der Waals surface area contributed by atoms with E-state index in [1.165, 1.54) is 6.07 Å². The number of amides is 1. The summed E-state index contributed by atoms with van der Waals surface area (Å²) < 4.78 is 50.9. The number of carbonyl (C=O) groups excluding carboxylic acids is 1. The second kappa shape index (κ2) is 11.4. The molecule has 0 bridgehead atoms. The van der Waals surface area contributed by atoms with Crippen LogP contribution in [0, 0.1) is 6.92 Å². The van der Waals surface area contributed by atoms with Crippen molar-refractivity contribution in [1.82, 2.24) is 9.97 Å². The van der Waals surface area contributed by atoms with Crippen LogP contribution >= 0.6 is 11.6 Å². The Hall–Kier alpha value is -2.95.